The maximum absolute atomic E-state index is 13.6. The van der Waals surface area contributed by atoms with Crippen LogP contribution in [-0.2, 0) is 19.7 Å². The fourth-order valence-corrected chi connectivity index (χ4v) is 4.99. The molecule has 1 heterocycles. The van der Waals surface area contributed by atoms with Crippen molar-refractivity contribution in [1.82, 2.24) is 0 Å². The van der Waals surface area contributed by atoms with E-state index in [2.05, 4.69) is 0 Å². The van der Waals surface area contributed by atoms with Crippen LogP contribution in [0, 0.1) is 6.92 Å². The Balaban J connectivity index is 1.88. The molecule has 7 nitrogen and oxygen atoms in total. The zero-order valence-corrected chi connectivity index (χ0v) is 24.6. The Morgan fingerprint density at radius 2 is 1.63 bits per heavy atom. The van der Waals surface area contributed by atoms with Crippen molar-refractivity contribution in [3.05, 3.63) is 100 Å². The van der Waals surface area contributed by atoms with Gasteiger partial charge in [0.25, 0.3) is 11.7 Å². The van der Waals surface area contributed by atoms with Gasteiger partial charge in [0, 0.05) is 16.8 Å². The number of aliphatic hydroxyl groups excluding tert-OH is 1. The fourth-order valence-electron chi connectivity index (χ4n) is 4.99. The van der Waals surface area contributed by atoms with E-state index >= 15 is 0 Å². The number of hydrogen-bond acceptors (Lipinski definition) is 6. The molecule has 1 aliphatic rings. The van der Waals surface area contributed by atoms with Crippen LogP contribution in [0.3, 0.4) is 0 Å². The van der Waals surface area contributed by atoms with Crippen molar-refractivity contribution in [2.24, 2.45) is 0 Å². The van der Waals surface area contributed by atoms with Gasteiger partial charge in [0.1, 0.15) is 11.5 Å². The Bertz CT molecular complexity index is 1510. The minimum absolute atomic E-state index is 0.00656. The number of benzene rings is 3. The molecule has 214 valence electrons. The van der Waals surface area contributed by atoms with Crippen molar-refractivity contribution >= 4 is 29.1 Å². The van der Waals surface area contributed by atoms with E-state index in [1.165, 1.54) is 4.90 Å². The van der Waals surface area contributed by atoms with E-state index in [4.69, 9.17) is 9.47 Å². The highest BCUT2D eigenvalue weighted by Crippen LogP contribution is 2.43. The molecule has 1 fully saturated rings. The van der Waals surface area contributed by atoms with Gasteiger partial charge in [-0.3, -0.25) is 14.5 Å². The second kappa shape index (κ2) is 11.6. The topological polar surface area (TPSA) is 93.1 Å². The first-order valence-corrected chi connectivity index (χ1v) is 13.8. The van der Waals surface area contributed by atoms with Gasteiger partial charge in [-0.15, -0.1) is 0 Å². The molecule has 3 aromatic carbocycles. The number of carbonyl (C=O) groups is 3. The SMILES string of the molecule is CCOc1ccc(/C(O)=C2/C(=O)C(=O)N(c3ccc(C(=O)OC(C)C)cc3)C2c2cccc(C)c2)cc1C(C)(C)C. The molecule has 1 aliphatic heterocycles. The van der Waals surface area contributed by atoms with Crippen molar-refractivity contribution in [1.29, 1.82) is 0 Å². The summed E-state index contributed by atoms with van der Waals surface area (Å²) in [6.45, 7) is 14.0. The first kappa shape index (κ1) is 29.6. The van der Waals surface area contributed by atoms with Crippen LogP contribution in [0.15, 0.2) is 72.3 Å². The molecular formula is C34H37NO6. The second-order valence-corrected chi connectivity index (χ2v) is 11.5. The van der Waals surface area contributed by atoms with Crippen LogP contribution >= 0.6 is 0 Å². The Kier molecular flexibility index (Phi) is 8.38. The fraction of sp³-hybridized carbons (Fsp3) is 0.324. The van der Waals surface area contributed by atoms with Gasteiger partial charge in [-0.25, -0.2) is 4.79 Å². The lowest BCUT2D eigenvalue weighted by molar-refractivity contribution is -0.132. The van der Waals surface area contributed by atoms with Crippen LogP contribution < -0.4 is 9.64 Å². The number of anilines is 1. The summed E-state index contributed by atoms with van der Waals surface area (Å²) in [6.07, 6.45) is -0.275. The maximum atomic E-state index is 13.6. The standard InChI is InChI=1S/C34H37NO6/c1-8-40-27-17-14-24(19-26(27)34(5,6)7)30(36)28-29(23-11-9-10-21(4)18-23)35(32(38)31(28)37)25-15-12-22(13-16-25)33(39)41-20(2)3/h9-20,29,36H,8H2,1-7H3/b30-28-. The summed E-state index contributed by atoms with van der Waals surface area (Å²) in [4.78, 5) is 40.9. The van der Waals surface area contributed by atoms with Crippen LogP contribution in [0.4, 0.5) is 5.69 Å². The Morgan fingerprint density at radius 1 is 0.976 bits per heavy atom. The molecule has 0 bridgehead atoms. The first-order valence-electron chi connectivity index (χ1n) is 13.8. The van der Waals surface area contributed by atoms with Crippen LogP contribution in [0.25, 0.3) is 5.76 Å². The summed E-state index contributed by atoms with van der Waals surface area (Å²) in [5.41, 5.74) is 3.34. The Hall–Kier alpha value is -4.39. The van der Waals surface area contributed by atoms with Crippen molar-refractivity contribution in [3.8, 4) is 5.75 Å². The summed E-state index contributed by atoms with van der Waals surface area (Å²) in [6, 6.07) is 18.3. The molecule has 0 aliphatic carbocycles. The lowest BCUT2D eigenvalue weighted by Crippen LogP contribution is -2.29. The number of aliphatic hydroxyl groups is 1. The van der Waals surface area contributed by atoms with E-state index in [0.29, 0.717) is 34.7 Å². The van der Waals surface area contributed by atoms with Crippen LogP contribution in [0.2, 0.25) is 0 Å². The average molecular weight is 556 g/mol. The number of esters is 1. The number of hydrogen-bond donors (Lipinski definition) is 1. The van der Waals surface area contributed by atoms with E-state index in [0.717, 1.165) is 11.1 Å². The summed E-state index contributed by atoms with van der Waals surface area (Å²) in [7, 11) is 0. The minimum Gasteiger partial charge on any atom is -0.507 e. The van der Waals surface area contributed by atoms with E-state index in [9.17, 15) is 19.5 Å². The quantitative estimate of drug-likeness (QED) is 0.148. The molecule has 1 saturated heterocycles. The summed E-state index contributed by atoms with van der Waals surface area (Å²) >= 11 is 0. The van der Waals surface area contributed by atoms with Gasteiger partial charge >= 0.3 is 5.97 Å². The van der Waals surface area contributed by atoms with Gasteiger partial charge in [-0.2, -0.15) is 0 Å². The number of aryl methyl sites for hydroxylation is 1. The molecule has 7 heteroatoms. The Morgan fingerprint density at radius 3 is 2.22 bits per heavy atom. The van der Waals surface area contributed by atoms with E-state index in [1.807, 2.05) is 65.0 Å². The first-order chi connectivity index (χ1) is 19.3. The summed E-state index contributed by atoms with van der Waals surface area (Å²) in [5.74, 6) is -1.60. The number of carbonyl (C=O) groups excluding carboxylic acids is 3. The molecule has 0 spiro atoms. The molecule has 1 amide bonds. The summed E-state index contributed by atoms with van der Waals surface area (Å²) in [5, 5.41) is 11.7. The number of rotatable bonds is 7. The Labute approximate surface area is 241 Å². The van der Waals surface area contributed by atoms with Gasteiger partial charge in [0.15, 0.2) is 0 Å². The van der Waals surface area contributed by atoms with Gasteiger partial charge in [0.2, 0.25) is 0 Å². The molecule has 1 atom stereocenters. The zero-order valence-electron chi connectivity index (χ0n) is 24.6. The monoisotopic (exact) mass is 555 g/mol. The number of amides is 1. The normalized spacial score (nSPS) is 16.8. The third-order valence-corrected chi connectivity index (χ3v) is 6.89. The molecule has 1 N–H and O–H groups in total. The zero-order chi connectivity index (χ0) is 30.1. The number of ether oxygens (including phenoxy) is 2. The van der Waals surface area contributed by atoms with Crippen molar-refractivity contribution in [2.75, 3.05) is 11.5 Å². The predicted molar refractivity (Wildman–Crippen MR) is 159 cm³/mol. The predicted octanol–water partition coefficient (Wildman–Crippen LogP) is 6.88. The number of Topliss-reactive ketones (excluding diaryl/α,β-unsaturated/α-hetero) is 1. The lowest BCUT2D eigenvalue weighted by Gasteiger charge is -2.26. The summed E-state index contributed by atoms with van der Waals surface area (Å²) < 4.78 is 11.1. The van der Waals surface area contributed by atoms with Gasteiger partial charge in [-0.05, 0) is 81.1 Å². The van der Waals surface area contributed by atoms with Crippen LogP contribution in [0.1, 0.15) is 80.2 Å². The molecule has 0 aromatic heterocycles. The minimum atomic E-state index is -0.881. The highest BCUT2D eigenvalue weighted by Gasteiger charge is 2.47. The van der Waals surface area contributed by atoms with E-state index in [1.54, 1.807) is 50.2 Å². The molecule has 0 saturated carbocycles. The molecule has 4 rings (SSSR count). The van der Waals surface area contributed by atoms with Crippen LogP contribution in [-0.4, -0.2) is 35.5 Å². The number of ketones is 1. The average Bonchev–Trinajstić information content (AvgIpc) is 3.18. The molecule has 1 unspecified atom stereocenters. The van der Waals surface area contributed by atoms with Gasteiger partial charge in [-0.1, -0.05) is 50.6 Å². The maximum Gasteiger partial charge on any atom is 0.338 e. The molecule has 0 radical (unpaired) electrons. The van der Waals surface area contributed by atoms with Crippen LogP contribution in [0.5, 0.6) is 5.75 Å². The number of nitrogens with zero attached hydrogens (tertiary/aromatic N) is 1. The van der Waals surface area contributed by atoms with E-state index in [-0.39, 0.29) is 22.9 Å². The van der Waals surface area contributed by atoms with E-state index < -0.39 is 23.7 Å². The van der Waals surface area contributed by atoms with Crippen molar-refractivity contribution in [2.45, 2.75) is 66.0 Å². The molecule has 41 heavy (non-hydrogen) atoms. The largest absolute Gasteiger partial charge is 0.507 e. The highest BCUT2D eigenvalue weighted by molar-refractivity contribution is 6.51. The van der Waals surface area contributed by atoms with Gasteiger partial charge in [0.05, 0.1) is 29.9 Å². The molecule has 3 aromatic rings. The second-order valence-electron chi connectivity index (χ2n) is 11.5. The smallest absolute Gasteiger partial charge is 0.338 e. The lowest BCUT2D eigenvalue weighted by atomic mass is 9.84. The third-order valence-electron chi connectivity index (χ3n) is 6.89. The van der Waals surface area contributed by atoms with Crippen molar-refractivity contribution < 1.29 is 29.0 Å². The molecular weight excluding hydrogens is 518 g/mol. The van der Waals surface area contributed by atoms with Crippen molar-refractivity contribution in [3.63, 3.8) is 0 Å². The highest BCUT2D eigenvalue weighted by atomic mass is 16.5. The van der Waals surface area contributed by atoms with Gasteiger partial charge < -0.3 is 14.6 Å². The third kappa shape index (κ3) is 6.04.